The molecule has 100 valence electrons. The number of aromatic amines is 1. The molecule has 0 saturated carbocycles. The van der Waals surface area contributed by atoms with E-state index in [4.69, 9.17) is 4.74 Å². The van der Waals surface area contributed by atoms with Crippen molar-refractivity contribution in [3.05, 3.63) is 65.9 Å². The van der Waals surface area contributed by atoms with Crippen LogP contribution >= 0.6 is 0 Å². The van der Waals surface area contributed by atoms with Crippen LogP contribution in [0, 0.1) is 0 Å². The van der Waals surface area contributed by atoms with Crippen LogP contribution in [0.4, 0.5) is 0 Å². The second-order valence-corrected chi connectivity index (χ2v) is 4.51. The lowest BCUT2D eigenvalue weighted by Crippen LogP contribution is -1.92. The largest absolute Gasteiger partial charge is 0.497 e. The van der Waals surface area contributed by atoms with Crippen LogP contribution in [0.1, 0.15) is 11.3 Å². The molecule has 0 fully saturated rings. The van der Waals surface area contributed by atoms with Crippen molar-refractivity contribution in [2.24, 2.45) is 0 Å². The molecular weight excluding hydrogens is 250 g/mol. The van der Waals surface area contributed by atoms with Gasteiger partial charge in [0.25, 0.3) is 0 Å². The predicted molar refractivity (Wildman–Crippen MR) is 77.6 cm³/mol. The Morgan fingerprint density at radius 2 is 1.70 bits per heavy atom. The van der Waals surface area contributed by atoms with Crippen LogP contribution in [0.25, 0.3) is 11.3 Å². The fraction of sp³-hybridized carbons (Fsp3) is 0.125. The summed E-state index contributed by atoms with van der Waals surface area (Å²) < 4.78 is 5.17. The normalized spacial score (nSPS) is 10.4. The van der Waals surface area contributed by atoms with E-state index in [9.17, 15) is 0 Å². The molecule has 2 aromatic carbocycles. The molecule has 0 aliphatic rings. The van der Waals surface area contributed by atoms with Crippen LogP contribution in [0.5, 0.6) is 5.75 Å². The predicted octanol–water partition coefficient (Wildman–Crippen LogP) is 3.07. The van der Waals surface area contributed by atoms with Crippen molar-refractivity contribution in [1.82, 2.24) is 15.4 Å². The summed E-state index contributed by atoms with van der Waals surface area (Å²) in [5.41, 5.74) is 4.08. The number of rotatable bonds is 4. The van der Waals surface area contributed by atoms with Crippen molar-refractivity contribution in [3.63, 3.8) is 0 Å². The maximum atomic E-state index is 5.17. The van der Waals surface area contributed by atoms with Gasteiger partial charge >= 0.3 is 0 Å². The summed E-state index contributed by atoms with van der Waals surface area (Å²) in [6.45, 7) is 0. The van der Waals surface area contributed by atoms with Gasteiger partial charge in [-0.2, -0.15) is 15.4 Å². The Balaban J connectivity index is 1.89. The highest BCUT2D eigenvalue weighted by Crippen LogP contribution is 2.23. The van der Waals surface area contributed by atoms with Crippen molar-refractivity contribution in [1.29, 1.82) is 0 Å². The molecule has 0 radical (unpaired) electrons. The van der Waals surface area contributed by atoms with Gasteiger partial charge in [0.15, 0.2) is 0 Å². The Morgan fingerprint density at radius 3 is 2.40 bits per heavy atom. The summed E-state index contributed by atoms with van der Waals surface area (Å²) in [4.78, 5) is 0. The maximum absolute atomic E-state index is 5.17. The third-order valence-corrected chi connectivity index (χ3v) is 3.20. The Bertz CT molecular complexity index is 674. The smallest absolute Gasteiger partial charge is 0.118 e. The molecule has 3 aromatic rings. The van der Waals surface area contributed by atoms with E-state index in [-0.39, 0.29) is 0 Å². The van der Waals surface area contributed by atoms with Gasteiger partial charge in [0.1, 0.15) is 11.4 Å². The number of nitrogens with one attached hydrogen (secondary N) is 1. The highest BCUT2D eigenvalue weighted by atomic mass is 16.5. The third kappa shape index (κ3) is 2.54. The lowest BCUT2D eigenvalue weighted by molar-refractivity contribution is 0.415. The Kier molecular flexibility index (Phi) is 3.46. The van der Waals surface area contributed by atoms with Gasteiger partial charge in [-0.05, 0) is 29.8 Å². The molecule has 20 heavy (non-hydrogen) atoms. The van der Waals surface area contributed by atoms with Crippen molar-refractivity contribution >= 4 is 0 Å². The van der Waals surface area contributed by atoms with E-state index >= 15 is 0 Å². The molecular formula is C16H15N3O. The van der Waals surface area contributed by atoms with E-state index in [1.807, 2.05) is 42.5 Å². The molecule has 4 nitrogen and oxygen atoms in total. The fourth-order valence-electron chi connectivity index (χ4n) is 2.15. The Hall–Kier alpha value is -2.62. The highest BCUT2D eigenvalue weighted by Gasteiger charge is 2.10. The van der Waals surface area contributed by atoms with Gasteiger partial charge in [-0.1, -0.05) is 30.3 Å². The first kappa shape index (κ1) is 12.4. The lowest BCUT2D eigenvalue weighted by atomic mass is 10.0. The number of nitrogens with zero attached hydrogens (tertiary/aromatic N) is 2. The van der Waals surface area contributed by atoms with Crippen LogP contribution < -0.4 is 4.74 Å². The van der Waals surface area contributed by atoms with Crippen LogP contribution in [0.3, 0.4) is 0 Å². The van der Waals surface area contributed by atoms with Gasteiger partial charge in [-0.3, -0.25) is 0 Å². The summed E-state index contributed by atoms with van der Waals surface area (Å²) in [6, 6.07) is 18.1. The Labute approximate surface area is 117 Å². The molecule has 4 heteroatoms. The van der Waals surface area contributed by atoms with Gasteiger partial charge in [-0.15, -0.1) is 0 Å². The second kappa shape index (κ2) is 5.57. The molecule has 0 unspecified atom stereocenters. The van der Waals surface area contributed by atoms with Gasteiger partial charge in [-0.25, -0.2) is 0 Å². The van der Waals surface area contributed by atoms with E-state index in [0.29, 0.717) is 0 Å². The number of benzene rings is 2. The van der Waals surface area contributed by atoms with Gasteiger partial charge in [0.05, 0.1) is 12.8 Å². The molecule has 0 aliphatic heterocycles. The first-order valence-corrected chi connectivity index (χ1v) is 6.45. The zero-order chi connectivity index (χ0) is 13.8. The van der Waals surface area contributed by atoms with Gasteiger partial charge in [0, 0.05) is 12.0 Å². The third-order valence-electron chi connectivity index (χ3n) is 3.20. The number of methoxy groups -OCH3 is 1. The van der Waals surface area contributed by atoms with Crippen LogP contribution in [0.2, 0.25) is 0 Å². The van der Waals surface area contributed by atoms with Gasteiger partial charge < -0.3 is 4.74 Å². The molecule has 1 heterocycles. The minimum atomic E-state index is 0.763. The summed E-state index contributed by atoms with van der Waals surface area (Å²) in [7, 11) is 1.66. The molecule has 0 spiro atoms. The SMILES string of the molecule is COc1ccc(-c2n[nH]nc2Cc2ccccc2)cc1. The standard InChI is InChI=1S/C16H15N3O/c1-20-14-9-7-13(8-10-14)16-15(17-19-18-16)11-12-5-3-2-4-6-12/h2-10H,11H2,1H3,(H,17,18,19). The van der Waals surface area contributed by atoms with Crippen molar-refractivity contribution in [2.75, 3.05) is 7.11 Å². The van der Waals surface area contributed by atoms with E-state index in [1.165, 1.54) is 5.56 Å². The lowest BCUT2D eigenvalue weighted by Gasteiger charge is -2.03. The van der Waals surface area contributed by atoms with E-state index in [0.717, 1.165) is 29.1 Å². The quantitative estimate of drug-likeness (QED) is 0.788. The first-order valence-electron chi connectivity index (χ1n) is 6.45. The zero-order valence-electron chi connectivity index (χ0n) is 11.2. The molecule has 1 N–H and O–H groups in total. The summed E-state index contributed by atoms with van der Waals surface area (Å²) in [5, 5.41) is 11.2. The van der Waals surface area contributed by atoms with Gasteiger partial charge in [0.2, 0.25) is 0 Å². The Morgan fingerprint density at radius 1 is 0.950 bits per heavy atom. The van der Waals surface area contributed by atoms with Crippen LogP contribution in [-0.4, -0.2) is 22.5 Å². The van der Waals surface area contributed by atoms with Crippen molar-refractivity contribution in [2.45, 2.75) is 6.42 Å². The molecule has 0 bridgehead atoms. The number of hydrogen-bond donors (Lipinski definition) is 1. The molecule has 0 saturated heterocycles. The van der Waals surface area contributed by atoms with Crippen molar-refractivity contribution in [3.8, 4) is 17.0 Å². The van der Waals surface area contributed by atoms with Crippen LogP contribution in [0.15, 0.2) is 54.6 Å². The number of H-pyrrole nitrogens is 1. The summed E-state index contributed by atoms with van der Waals surface area (Å²) >= 11 is 0. The maximum Gasteiger partial charge on any atom is 0.118 e. The number of hydrogen-bond acceptors (Lipinski definition) is 3. The second-order valence-electron chi connectivity index (χ2n) is 4.51. The van der Waals surface area contributed by atoms with E-state index < -0.39 is 0 Å². The average Bonchev–Trinajstić information content (AvgIpc) is 2.96. The number of aromatic nitrogens is 3. The average molecular weight is 265 g/mol. The minimum absolute atomic E-state index is 0.763. The zero-order valence-corrected chi connectivity index (χ0v) is 11.2. The monoisotopic (exact) mass is 265 g/mol. The molecule has 3 rings (SSSR count). The van der Waals surface area contributed by atoms with Crippen LogP contribution in [-0.2, 0) is 6.42 Å². The molecule has 1 aromatic heterocycles. The molecule has 0 aliphatic carbocycles. The highest BCUT2D eigenvalue weighted by molar-refractivity contribution is 5.62. The van der Waals surface area contributed by atoms with E-state index in [1.54, 1.807) is 7.11 Å². The van der Waals surface area contributed by atoms with E-state index in [2.05, 4.69) is 27.5 Å². The summed E-state index contributed by atoms with van der Waals surface area (Å²) in [5.74, 6) is 0.835. The molecule has 0 atom stereocenters. The topological polar surface area (TPSA) is 50.8 Å². The fourth-order valence-corrected chi connectivity index (χ4v) is 2.15. The number of ether oxygens (including phenoxy) is 1. The molecule has 0 amide bonds. The first-order chi connectivity index (χ1) is 9.86. The minimum Gasteiger partial charge on any atom is -0.497 e. The summed E-state index contributed by atoms with van der Waals surface area (Å²) in [6.07, 6.45) is 0.763. The van der Waals surface area contributed by atoms with Crippen molar-refractivity contribution < 1.29 is 4.74 Å².